The molecule has 1 fully saturated rings. The maximum Gasteiger partial charge on any atom is 0.113 e. The fraction of sp³-hybridized carbons (Fsp3) is 0.467. The summed E-state index contributed by atoms with van der Waals surface area (Å²) in [6, 6.07) is 5.92. The molecule has 0 unspecified atom stereocenters. The Morgan fingerprint density at radius 1 is 1.60 bits per heavy atom. The van der Waals surface area contributed by atoms with Gasteiger partial charge in [-0.3, -0.25) is 0 Å². The molecule has 0 amide bonds. The Morgan fingerprint density at radius 2 is 2.40 bits per heavy atom. The number of nitrogens with zero attached hydrogens (tertiary/aromatic N) is 2. The van der Waals surface area contributed by atoms with Gasteiger partial charge in [-0.05, 0) is 30.2 Å². The normalized spacial score (nSPS) is 16.9. The lowest BCUT2D eigenvalue weighted by Gasteiger charge is -2.13. The van der Waals surface area contributed by atoms with Gasteiger partial charge in [0, 0.05) is 36.6 Å². The van der Waals surface area contributed by atoms with Gasteiger partial charge >= 0.3 is 0 Å². The standard InChI is InChI=1S/C15H21N3O2/c1-3-11(2)16-9-12-10-18(12)15-6-4-5-14(17-20)13(15)7-8-19/h4-6,12,16,19H,2-3,7-10H2,1H3/t12-,18?/m1/s1. The molecule has 1 aliphatic rings. The zero-order valence-corrected chi connectivity index (χ0v) is 11.8. The Kier molecular flexibility index (Phi) is 4.74. The second-order valence-corrected chi connectivity index (χ2v) is 4.98. The van der Waals surface area contributed by atoms with E-state index in [1.165, 1.54) is 0 Å². The molecule has 1 heterocycles. The Bertz CT molecular complexity index is 502. The van der Waals surface area contributed by atoms with E-state index in [-0.39, 0.29) is 6.61 Å². The van der Waals surface area contributed by atoms with Crippen LogP contribution in [0.4, 0.5) is 11.4 Å². The third kappa shape index (κ3) is 3.17. The van der Waals surface area contributed by atoms with Gasteiger partial charge in [-0.15, -0.1) is 4.91 Å². The molecule has 20 heavy (non-hydrogen) atoms. The van der Waals surface area contributed by atoms with Gasteiger partial charge in [0.1, 0.15) is 5.69 Å². The van der Waals surface area contributed by atoms with E-state index in [1.807, 2.05) is 12.1 Å². The highest BCUT2D eigenvalue weighted by atomic mass is 16.3. The minimum Gasteiger partial charge on any atom is -0.396 e. The quantitative estimate of drug-likeness (QED) is 0.564. The summed E-state index contributed by atoms with van der Waals surface area (Å²) < 4.78 is 0. The van der Waals surface area contributed by atoms with E-state index in [4.69, 9.17) is 5.11 Å². The molecule has 2 N–H and O–H groups in total. The minimum atomic E-state index is 0.0168. The minimum absolute atomic E-state index is 0.0168. The molecule has 2 rings (SSSR count). The van der Waals surface area contributed by atoms with Crippen molar-refractivity contribution in [1.82, 2.24) is 5.32 Å². The van der Waals surface area contributed by atoms with Crippen LogP contribution in [-0.4, -0.2) is 30.8 Å². The Labute approximate surface area is 119 Å². The molecular formula is C15H21N3O2. The highest BCUT2D eigenvalue weighted by molar-refractivity contribution is 5.68. The molecule has 0 spiro atoms. The fourth-order valence-corrected chi connectivity index (χ4v) is 2.32. The fourth-order valence-electron chi connectivity index (χ4n) is 2.32. The summed E-state index contributed by atoms with van der Waals surface area (Å²) in [5.74, 6) is 0. The van der Waals surface area contributed by atoms with Crippen molar-refractivity contribution in [3.8, 4) is 0 Å². The summed E-state index contributed by atoms with van der Waals surface area (Å²) in [7, 11) is 0. The molecule has 5 heteroatoms. The van der Waals surface area contributed by atoms with Crippen molar-refractivity contribution >= 4 is 11.4 Å². The van der Waals surface area contributed by atoms with Crippen molar-refractivity contribution in [2.45, 2.75) is 25.8 Å². The SMILES string of the molecule is C=C(CC)NC[C@@H]1CN1c1cccc(N=O)c1CCO. The van der Waals surface area contributed by atoms with Crippen LogP contribution in [0.3, 0.4) is 0 Å². The smallest absolute Gasteiger partial charge is 0.113 e. The summed E-state index contributed by atoms with van der Waals surface area (Å²) in [5.41, 5.74) is 3.30. The van der Waals surface area contributed by atoms with E-state index < -0.39 is 0 Å². The molecule has 5 nitrogen and oxygen atoms in total. The number of rotatable bonds is 8. The number of hydrogen-bond acceptors (Lipinski definition) is 5. The molecule has 1 saturated heterocycles. The second kappa shape index (κ2) is 6.52. The highest BCUT2D eigenvalue weighted by Gasteiger charge is 2.35. The van der Waals surface area contributed by atoms with Crippen LogP contribution in [0, 0.1) is 4.91 Å². The first-order chi connectivity index (χ1) is 9.71. The number of anilines is 1. The lowest BCUT2D eigenvalue weighted by atomic mass is 10.1. The van der Waals surface area contributed by atoms with Gasteiger partial charge in [0.05, 0.1) is 6.04 Å². The van der Waals surface area contributed by atoms with Gasteiger partial charge in [-0.2, -0.15) is 0 Å². The van der Waals surface area contributed by atoms with Crippen molar-refractivity contribution in [1.29, 1.82) is 0 Å². The average Bonchev–Trinajstić information content (AvgIpc) is 3.24. The van der Waals surface area contributed by atoms with Crippen LogP contribution in [0.15, 0.2) is 35.7 Å². The summed E-state index contributed by atoms with van der Waals surface area (Å²) >= 11 is 0. The van der Waals surface area contributed by atoms with E-state index in [0.29, 0.717) is 18.2 Å². The predicted molar refractivity (Wildman–Crippen MR) is 81.3 cm³/mol. The molecule has 1 aromatic carbocycles. The molecule has 0 aliphatic carbocycles. The summed E-state index contributed by atoms with van der Waals surface area (Å²) in [6.45, 7) is 7.81. The molecular weight excluding hydrogens is 254 g/mol. The first-order valence-electron chi connectivity index (χ1n) is 6.95. The van der Waals surface area contributed by atoms with Crippen molar-refractivity contribution < 1.29 is 5.11 Å². The number of nitroso groups, excluding NO2 is 1. The lowest BCUT2D eigenvalue weighted by molar-refractivity contribution is 0.300. The third-order valence-electron chi connectivity index (χ3n) is 3.63. The molecule has 1 aromatic rings. The zero-order chi connectivity index (χ0) is 14.5. The molecule has 1 aliphatic heterocycles. The molecule has 0 radical (unpaired) electrons. The van der Waals surface area contributed by atoms with E-state index in [9.17, 15) is 4.91 Å². The number of nitrogens with one attached hydrogen (secondary N) is 1. The number of aliphatic hydroxyl groups is 1. The molecule has 0 bridgehead atoms. The second-order valence-electron chi connectivity index (χ2n) is 4.98. The molecule has 0 aromatic heterocycles. The topological polar surface area (TPSA) is 64.7 Å². The van der Waals surface area contributed by atoms with E-state index in [1.54, 1.807) is 6.07 Å². The van der Waals surface area contributed by atoms with Crippen molar-refractivity contribution in [3.63, 3.8) is 0 Å². The molecule has 1 atom stereocenters. The summed E-state index contributed by atoms with van der Waals surface area (Å²) in [4.78, 5) is 13.1. The lowest BCUT2D eigenvalue weighted by Crippen LogP contribution is -2.21. The zero-order valence-electron chi connectivity index (χ0n) is 11.8. The monoisotopic (exact) mass is 275 g/mol. The van der Waals surface area contributed by atoms with Crippen LogP contribution in [0.5, 0.6) is 0 Å². The van der Waals surface area contributed by atoms with Crippen LogP contribution < -0.4 is 10.2 Å². The molecule has 0 saturated carbocycles. The summed E-state index contributed by atoms with van der Waals surface area (Å²) in [6.07, 6.45) is 1.38. The number of benzene rings is 1. The Balaban J connectivity index is 2.07. The maximum absolute atomic E-state index is 10.9. The first kappa shape index (κ1) is 14.5. The van der Waals surface area contributed by atoms with E-state index >= 15 is 0 Å². The van der Waals surface area contributed by atoms with Gasteiger partial charge in [-0.25, -0.2) is 0 Å². The Hall–Kier alpha value is -1.88. The highest BCUT2D eigenvalue weighted by Crippen LogP contribution is 2.36. The Morgan fingerprint density at radius 3 is 3.05 bits per heavy atom. The van der Waals surface area contributed by atoms with Crippen molar-refractivity contribution in [3.05, 3.63) is 40.9 Å². The van der Waals surface area contributed by atoms with Gasteiger partial charge in [-0.1, -0.05) is 19.6 Å². The number of hydrogen-bond donors (Lipinski definition) is 2. The van der Waals surface area contributed by atoms with Crippen LogP contribution >= 0.6 is 0 Å². The third-order valence-corrected chi connectivity index (χ3v) is 3.63. The number of allylic oxidation sites excluding steroid dienone is 1. The van der Waals surface area contributed by atoms with Crippen molar-refractivity contribution in [2.24, 2.45) is 5.18 Å². The maximum atomic E-state index is 10.9. The average molecular weight is 275 g/mol. The van der Waals surface area contributed by atoms with Crippen LogP contribution in [-0.2, 0) is 6.42 Å². The number of aliphatic hydroxyl groups excluding tert-OH is 1. The largest absolute Gasteiger partial charge is 0.396 e. The van der Waals surface area contributed by atoms with Gasteiger partial charge in [0.25, 0.3) is 0 Å². The van der Waals surface area contributed by atoms with Gasteiger partial charge < -0.3 is 15.3 Å². The predicted octanol–water partition coefficient (Wildman–Crippen LogP) is 2.32. The van der Waals surface area contributed by atoms with Crippen LogP contribution in [0.1, 0.15) is 18.9 Å². The first-order valence-corrected chi connectivity index (χ1v) is 6.95. The van der Waals surface area contributed by atoms with Crippen molar-refractivity contribution in [2.75, 3.05) is 24.6 Å². The van der Waals surface area contributed by atoms with Gasteiger partial charge in [0.2, 0.25) is 0 Å². The van der Waals surface area contributed by atoms with Crippen LogP contribution in [0.2, 0.25) is 0 Å². The summed E-state index contributed by atoms with van der Waals surface area (Å²) in [5, 5.41) is 15.5. The van der Waals surface area contributed by atoms with Gasteiger partial charge in [0.15, 0.2) is 0 Å². The van der Waals surface area contributed by atoms with E-state index in [2.05, 4.69) is 28.9 Å². The molecule has 108 valence electrons. The van der Waals surface area contributed by atoms with Crippen LogP contribution in [0.25, 0.3) is 0 Å². The van der Waals surface area contributed by atoms with E-state index in [0.717, 1.165) is 36.5 Å².